The lowest BCUT2D eigenvalue weighted by Crippen LogP contribution is -2.57. The molecule has 0 radical (unpaired) electrons. The Labute approximate surface area is 295 Å². The zero-order valence-electron chi connectivity index (χ0n) is 28.5. The van der Waals surface area contributed by atoms with Gasteiger partial charge < -0.3 is 14.4 Å². The Bertz CT molecular complexity index is 2120. The highest BCUT2D eigenvalue weighted by Crippen LogP contribution is 2.49. The van der Waals surface area contributed by atoms with Gasteiger partial charge in [-0.1, -0.05) is 11.8 Å². The standard InChI is InChI=1S/C35H38F3N7O3S2/c1-18-14-23-22(15-40-45(23)24-8-6-7-13-47-24)25(27(18)35(36,37)38)28-29-21(11-12-39-28)26-30(41-32(49-5)42-31(26)50-29)43-16-19-9-10-20(17-43)44(19)33(46)48-34(2,3)4/h11-12,14-15,19-20,24H,6-10,13,16-17H2,1-5H3. The molecule has 1 aromatic carbocycles. The summed E-state index contributed by atoms with van der Waals surface area (Å²) in [6, 6.07) is 3.31. The van der Waals surface area contributed by atoms with Gasteiger partial charge in [-0.25, -0.2) is 19.4 Å². The third kappa shape index (κ3) is 5.65. The lowest BCUT2D eigenvalue weighted by molar-refractivity contribution is -0.137. The summed E-state index contributed by atoms with van der Waals surface area (Å²) in [5, 5.41) is 7.04. The normalized spacial score (nSPS) is 21.6. The average molecular weight is 726 g/mol. The van der Waals surface area contributed by atoms with Crippen LogP contribution in [0.5, 0.6) is 0 Å². The van der Waals surface area contributed by atoms with E-state index in [1.54, 1.807) is 16.9 Å². The van der Waals surface area contributed by atoms with Crippen molar-refractivity contribution in [2.75, 3.05) is 30.9 Å². The fourth-order valence-electron chi connectivity index (χ4n) is 7.83. The average Bonchev–Trinajstić information content (AvgIpc) is 3.73. The molecular weight excluding hydrogens is 688 g/mol. The van der Waals surface area contributed by atoms with Crippen molar-refractivity contribution in [2.24, 2.45) is 0 Å². The molecule has 3 unspecified atom stereocenters. The van der Waals surface area contributed by atoms with E-state index < -0.39 is 17.3 Å². The number of anilines is 1. The van der Waals surface area contributed by atoms with E-state index in [1.165, 1.54) is 36.2 Å². The highest BCUT2D eigenvalue weighted by atomic mass is 32.2. The molecule has 0 spiro atoms. The van der Waals surface area contributed by atoms with Crippen LogP contribution in [0, 0.1) is 6.92 Å². The maximum atomic E-state index is 15.0. The molecule has 4 aromatic heterocycles. The molecule has 7 heterocycles. The van der Waals surface area contributed by atoms with Gasteiger partial charge in [-0.2, -0.15) is 18.3 Å². The van der Waals surface area contributed by atoms with Gasteiger partial charge in [-0.15, -0.1) is 11.3 Å². The Morgan fingerprint density at radius 3 is 2.50 bits per heavy atom. The van der Waals surface area contributed by atoms with Crippen molar-refractivity contribution in [1.29, 1.82) is 0 Å². The minimum atomic E-state index is -4.64. The molecule has 3 aliphatic heterocycles. The number of ether oxygens (including phenoxy) is 2. The molecule has 1 amide bonds. The number of carbonyl (C=O) groups is 1. The maximum absolute atomic E-state index is 15.0. The Kier molecular flexibility index (Phi) is 8.18. The molecule has 2 bridgehead atoms. The molecule has 264 valence electrons. The number of hydrogen-bond donors (Lipinski definition) is 0. The van der Waals surface area contributed by atoms with Crippen LogP contribution in [0.1, 0.15) is 70.2 Å². The van der Waals surface area contributed by atoms with Gasteiger partial charge in [0.2, 0.25) is 0 Å². The molecule has 15 heteroatoms. The molecule has 3 aliphatic rings. The van der Waals surface area contributed by atoms with E-state index in [2.05, 4.69) is 15.0 Å². The van der Waals surface area contributed by atoms with E-state index in [4.69, 9.17) is 19.4 Å². The lowest BCUT2D eigenvalue weighted by Gasteiger charge is -2.42. The Balaban J connectivity index is 1.29. The second-order valence-corrected chi connectivity index (χ2v) is 16.1. The van der Waals surface area contributed by atoms with Crippen molar-refractivity contribution < 1.29 is 27.4 Å². The summed E-state index contributed by atoms with van der Waals surface area (Å²) in [4.78, 5) is 32.5. The van der Waals surface area contributed by atoms with Gasteiger partial charge >= 0.3 is 12.3 Å². The van der Waals surface area contributed by atoms with Crippen LogP contribution in [0.15, 0.2) is 29.7 Å². The van der Waals surface area contributed by atoms with E-state index in [9.17, 15) is 4.79 Å². The molecule has 3 saturated heterocycles. The number of aryl methyl sites for hydroxylation is 1. The molecule has 10 nitrogen and oxygen atoms in total. The third-order valence-electron chi connectivity index (χ3n) is 9.83. The summed E-state index contributed by atoms with van der Waals surface area (Å²) >= 11 is 2.74. The second-order valence-electron chi connectivity index (χ2n) is 14.3. The van der Waals surface area contributed by atoms with Gasteiger partial charge in [0.15, 0.2) is 11.4 Å². The predicted octanol–water partition coefficient (Wildman–Crippen LogP) is 8.59. The first-order valence-corrected chi connectivity index (χ1v) is 19.0. The Morgan fingerprint density at radius 2 is 1.84 bits per heavy atom. The fraction of sp³-hybridized carbons (Fsp3) is 0.514. The predicted molar refractivity (Wildman–Crippen MR) is 189 cm³/mol. The van der Waals surface area contributed by atoms with Crippen LogP contribution in [0.4, 0.5) is 23.8 Å². The number of alkyl halides is 3. The van der Waals surface area contributed by atoms with Crippen molar-refractivity contribution in [2.45, 2.75) is 95.0 Å². The molecule has 5 aromatic rings. The number of fused-ring (bicyclic) bond motifs is 6. The van der Waals surface area contributed by atoms with E-state index in [1.807, 2.05) is 38.0 Å². The highest BCUT2D eigenvalue weighted by Gasteiger charge is 2.45. The first kappa shape index (κ1) is 33.5. The van der Waals surface area contributed by atoms with Crippen LogP contribution >= 0.6 is 23.1 Å². The molecule has 0 N–H and O–H groups in total. The van der Waals surface area contributed by atoms with E-state index in [-0.39, 0.29) is 41.2 Å². The number of pyridine rings is 1. The number of rotatable bonds is 4. The molecule has 8 rings (SSSR count). The third-order valence-corrected chi connectivity index (χ3v) is 11.5. The molecule has 0 aliphatic carbocycles. The van der Waals surface area contributed by atoms with Crippen molar-refractivity contribution in [1.82, 2.24) is 29.6 Å². The number of benzene rings is 1. The van der Waals surface area contributed by atoms with Gasteiger partial charge in [0.05, 0.1) is 45.1 Å². The lowest BCUT2D eigenvalue weighted by atomic mass is 9.94. The number of aromatic nitrogens is 5. The quantitative estimate of drug-likeness (QED) is 0.133. The Hall–Kier alpha value is -3.69. The molecule has 0 saturated carbocycles. The summed E-state index contributed by atoms with van der Waals surface area (Å²) in [6.07, 6.45) is 4.06. The Morgan fingerprint density at radius 1 is 1.08 bits per heavy atom. The second kappa shape index (κ2) is 12.2. The first-order chi connectivity index (χ1) is 23.8. The molecule has 50 heavy (non-hydrogen) atoms. The summed E-state index contributed by atoms with van der Waals surface area (Å²) < 4.78 is 59.1. The van der Waals surface area contributed by atoms with Crippen molar-refractivity contribution >= 4 is 66.2 Å². The van der Waals surface area contributed by atoms with Crippen LogP contribution in [0.3, 0.4) is 0 Å². The van der Waals surface area contributed by atoms with Crippen LogP contribution in [-0.4, -0.2) is 79.4 Å². The number of amides is 1. The summed E-state index contributed by atoms with van der Waals surface area (Å²) in [5.74, 6) is 0.719. The first-order valence-electron chi connectivity index (χ1n) is 16.9. The van der Waals surface area contributed by atoms with Gasteiger partial charge in [-0.3, -0.25) is 9.88 Å². The van der Waals surface area contributed by atoms with E-state index in [0.717, 1.165) is 48.7 Å². The summed E-state index contributed by atoms with van der Waals surface area (Å²) in [7, 11) is 0. The van der Waals surface area contributed by atoms with Crippen LogP contribution in [0.2, 0.25) is 0 Å². The maximum Gasteiger partial charge on any atom is 0.417 e. The van der Waals surface area contributed by atoms with Crippen molar-refractivity contribution in [3.8, 4) is 11.3 Å². The van der Waals surface area contributed by atoms with Crippen molar-refractivity contribution in [3.63, 3.8) is 0 Å². The topological polar surface area (TPSA) is 98.5 Å². The number of nitrogens with zero attached hydrogens (tertiary/aromatic N) is 7. The molecule has 3 fully saturated rings. The SMILES string of the molecule is CSc1nc(N2CC3CCC(C2)N3C(=O)OC(C)(C)C)c2c(n1)sc1c(-c3c(C(F)(F)F)c(C)cc4c3cnn4C3CCCCO3)nccc12. The number of halogens is 3. The van der Waals surface area contributed by atoms with Gasteiger partial charge in [0, 0.05) is 42.2 Å². The number of piperazine rings is 1. The fourth-order valence-corrected chi connectivity index (χ4v) is 9.40. The number of carbonyl (C=O) groups excluding carboxylic acids is 1. The van der Waals surface area contributed by atoms with Crippen LogP contribution in [0.25, 0.3) is 42.5 Å². The monoisotopic (exact) mass is 725 g/mol. The smallest absolute Gasteiger partial charge is 0.417 e. The van der Waals surface area contributed by atoms with Crippen LogP contribution in [-0.2, 0) is 15.7 Å². The summed E-state index contributed by atoms with van der Waals surface area (Å²) in [6.45, 7) is 8.80. The minimum absolute atomic E-state index is 0.00957. The summed E-state index contributed by atoms with van der Waals surface area (Å²) in [5.41, 5.74) is -0.394. The number of hydrogen-bond acceptors (Lipinski definition) is 10. The zero-order valence-corrected chi connectivity index (χ0v) is 30.1. The van der Waals surface area contributed by atoms with Crippen molar-refractivity contribution in [3.05, 3.63) is 35.7 Å². The largest absolute Gasteiger partial charge is 0.444 e. The highest BCUT2D eigenvalue weighted by molar-refractivity contribution is 7.98. The van der Waals surface area contributed by atoms with E-state index in [0.29, 0.717) is 45.3 Å². The zero-order chi connectivity index (χ0) is 35.1. The van der Waals surface area contributed by atoms with Gasteiger partial charge in [-0.05, 0) is 83.8 Å². The number of thiophene rings is 1. The van der Waals surface area contributed by atoms with Gasteiger partial charge in [0.1, 0.15) is 16.2 Å². The molecular formula is C35H38F3N7O3S2. The van der Waals surface area contributed by atoms with Gasteiger partial charge in [0.25, 0.3) is 0 Å². The van der Waals surface area contributed by atoms with E-state index >= 15 is 13.2 Å². The van der Waals surface area contributed by atoms with Crippen LogP contribution < -0.4 is 4.90 Å². The number of thioether (sulfide) groups is 1. The minimum Gasteiger partial charge on any atom is -0.444 e. The molecule has 3 atom stereocenters.